The van der Waals surface area contributed by atoms with Crippen LogP contribution in [0, 0.1) is 0 Å². The molecule has 0 heterocycles. The summed E-state index contributed by atoms with van der Waals surface area (Å²) in [6.45, 7) is 4.44. The first-order valence-electron chi connectivity index (χ1n) is 10.5. The number of aryl methyl sites for hydroxylation is 2. The molecule has 2 heteroatoms. The van der Waals surface area contributed by atoms with Crippen LogP contribution in [0.25, 0.3) is 0 Å². The minimum absolute atomic E-state index is 0.116. The Morgan fingerprint density at radius 2 is 1.44 bits per heavy atom. The van der Waals surface area contributed by atoms with Crippen LogP contribution >= 0.6 is 0 Å². The van der Waals surface area contributed by atoms with Crippen molar-refractivity contribution in [2.24, 2.45) is 0 Å². The maximum Gasteiger partial charge on any atom is 0.307 e. The minimum atomic E-state index is -0.741. The molecule has 0 aliphatic carbocycles. The molecule has 27 heavy (non-hydrogen) atoms. The third-order valence-electron chi connectivity index (χ3n) is 5.18. The average Bonchev–Trinajstić information content (AvgIpc) is 2.65. The topological polar surface area (TPSA) is 37.3 Å². The number of unbranched alkanes of at least 4 members (excludes halogenated alkanes) is 4. The van der Waals surface area contributed by atoms with E-state index >= 15 is 0 Å². The summed E-state index contributed by atoms with van der Waals surface area (Å²) in [7, 11) is 0. The second-order valence-electron chi connectivity index (χ2n) is 7.54. The molecule has 0 radical (unpaired) electrons. The Morgan fingerprint density at radius 1 is 0.815 bits per heavy atom. The van der Waals surface area contributed by atoms with Gasteiger partial charge in [0.25, 0.3) is 0 Å². The second-order valence-corrected chi connectivity index (χ2v) is 7.54. The summed E-state index contributed by atoms with van der Waals surface area (Å²) in [4.78, 5) is 11.5. The first-order chi connectivity index (χ1) is 13.1. The highest BCUT2D eigenvalue weighted by Gasteiger charge is 2.14. The number of carbonyl (C=O) groups is 1. The quantitative estimate of drug-likeness (QED) is 0.443. The van der Waals surface area contributed by atoms with Gasteiger partial charge in [0.15, 0.2) is 0 Å². The van der Waals surface area contributed by atoms with Crippen molar-refractivity contribution in [1.29, 1.82) is 0 Å². The molecule has 0 saturated heterocycles. The highest BCUT2D eigenvalue weighted by Crippen LogP contribution is 2.25. The fourth-order valence-corrected chi connectivity index (χ4v) is 3.73. The Balaban J connectivity index is 2.38. The Kier molecular flexibility index (Phi) is 9.10. The molecule has 0 saturated carbocycles. The molecule has 0 spiro atoms. The van der Waals surface area contributed by atoms with E-state index in [0.717, 1.165) is 24.8 Å². The molecule has 0 aliphatic rings. The molecule has 2 aromatic rings. The van der Waals surface area contributed by atoms with E-state index in [1.54, 1.807) is 0 Å². The van der Waals surface area contributed by atoms with Crippen LogP contribution in [0.2, 0.25) is 0 Å². The maximum atomic E-state index is 11.5. The molecule has 0 atom stereocenters. The van der Waals surface area contributed by atoms with Crippen LogP contribution in [-0.4, -0.2) is 11.1 Å². The third kappa shape index (κ3) is 7.21. The van der Waals surface area contributed by atoms with Crippen molar-refractivity contribution in [3.8, 4) is 0 Å². The van der Waals surface area contributed by atoms with Gasteiger partial charge in [-0.05, 0) is 59.9 Å². The van der Waals surface area contributed by atoms with Gasteiger partial charge in [-0.2, -0.15) is 0 Å². The zero-order valence-electron chi connectivity index (χ0n) is 17.0. The van der Waals surface area contributed by atoms with E-state index in [1.165, 1.54) is 60.8 Å². The van der Waals surface area contributed by atoms with E-state index < -0.39 is 5.97 Å². The number of rotatable bonds is 12. The molecule has 0 aromatic heterocycles. The minimum Gasteiger partial charge on any atom is -0.481 e. The predicted molar refractivity (Wildman–Crippen MR) is 113 cm³/mol. The molecular weight excluding hydrogens is 332 g/mol. The van der Waals surface area contributed by atoms with Crippen molar-refractivity contribution in [2.75, 3.05) is 0 Å². The van der Waals surface area contributed by atoms with E-state index in [-0.39, 0.29) is 6.42 Å². The van der Waals surface area contributed by atoms with Crippen LogP contribution in [-0.2, 0) is 30.5 Å². The Bertz CT molecular complexity index is 704. The first kappa shape index (κ1) is 21.2. The Labute approximate surface area is 164 Å². The van der Waals surface area contributed by atoms with Crippen molar-refractivity contribution < 1.29 is 9.90 Å². The number of carboxylic acids is 1. The molecule has 1 N–H and O–H groups in total. The number of hydrogen-bond acceptors (Lipinski definition) is 1. The number of benzene rings is 2. The Hall–Kier alpha value is -2.09. The van der Waals surface area contributed by atoms with Crippen molar-refractivity contribution in [3.63, 3.8) is 0 Å². The van der Waals surface area contributed by atoms with Crippen molar-refractivity contribution >= 4 is 5.97 Å². The summed E-state index contributed by atoms with van der Waals surface area (Å²) in [5, 5.41) is 9.47. The standard InChI is InChI=1S/C25H34O2/c1-3-5-8-14-21-16-22(15-9-6-4-2)24(23(17-21)19-25(26)27)18-20-12-10-7-11-13-20/h7,10-13,16-17H,3-6,8-9,14-15,18-19H2,1-2H3,(H,26,27). The van der Waals surface area contributed by atoms with Gasteiger partial charge in [0, 0.05) is 0 Å². The molecule has 2 aromatic carbocycles. The van der Waals surface area contributed by atoms with Crippen LogP contribution in [0.4, 0.5) is 0 Å². The van der Waals surface area contributed by atoms with Crippen LogP contribution < -0.4 is 0 Å². The van der Waals surface area contributed by atoms with Crippen molar-refractivity contribution in [1.82, 2.24) is 0 Å². The maximum absolute atomic E-state index is 11.5. The smallest absolute Gasteiger partial charge is 0.307 e. The van der Waals surface area contributed by atoms with Gasteiger partial charge >= 0.3 is 5.97 Å². The van der Waals surface area contributed by atoms with E-state index in [1.807, 2.05) is 6.07 Å². The molecular formula is C25H34O2. The molecule has 0 amide bonds. The first-order valence-corrected chi connectivity index (χ1v) is 10.5. The SMILES string of the molecule is CCCCCc1cc(CCCCC)c(Cc2ccccc2)c(CC(=O)O)c1. The summed E-state index contributed by atoms with van der Waals surface area (Å²) < 4.78 is 0. The van der Waals surface area contributed by atoms with Gasteiger partial charge in [-0.3, -0.25) is 4.79 Å². The van der Waals surface area contributed by atoms with Crippen LogP contribution in [0.5, 0.6) is 0 Å². The Morgan fingerprint density at radius 3 is 2.07 bits per heavy atom. The lowest BCUT2D eigenvalue weighted by atomic mass is 9.88. The van der Waals surface area contributed by atoms with Gasteiger partial charge in [0.05, 0.1) is 6.42 Å². The van der Waals surface area contributed by atoms with E-state index in [0.29, 0.717) is 0 Å². The zero-order valence-corrected chi connectivity index (χ0v) is 17.0. The second kappa shape index (κ2) is 11.6. The van der Waals surface area contributed by atoms with Crippen LogP contribution in [0.15, 0.2) is 42.5 Å². The monoisotopic (exact) mass is 366 g/mol. The largest absolute Gasteiger partial charge is 0.481 e. The van der Waals surface area contributed by atoms with Crippen molar-refractivity contribution in [2.45, 2.75) is 78.1 Å². The van der Waals surface area contributed by atoms with E-state index in [4.69, 9.17) is 0 Å². The summed E-state index contributed by atoms with van der Waals surface area (Å²) in [5.41, 5.74) is 6.16. The summed E-state index contributed by atoms with van der Waals surface area (Å²) in [5.74, 6) is -0.741. The molecule has 0 bridgehead atoms. The third-order valence-corrected chi connectivity index (χ3v) is 5.18. The van der Waals surface area contributed by atoms with E-state index in [2.05, 4.69) is 50.2 Å². The van der Waals surface area contributed by atoms with Gasteiger partial charge in [0.1, 0.15) is 0 Å². The zero-order chi connectivity index (χ0) is 19.5. The molecule has 0 fully saturated rings. The highest BCUT2D eigenvalue weighted by molar-refractivity contribution is 5.71. The van der Waals surface area contributed by atoms with Gasteiger partial charge in [-0.1, -0.05) is 82.0 Å². The van der Waals surface area contributed by atoms with Crippen molar-refractivity contribution in [3.05, 3.63) is 70.3 Å². The van der Waals surface area contributed by atoms with Gasteiger partial charge < -0.3 is 5.11 Å². The van der Waals surface area contributed by atoms with Gasteiger partial charge in [-0.15, -0.1) is 0 Å². The number of aliphatic carboxylic acids is 1. The average molecular weight is 367 g/mol. The van der Waals surface area contributed by atoms with E-state index in [9.17, 15) is 9.90 Å². The number of carboxylic acid groups (broad SMARTS) is 1. The highest BCUT2D eigenvalue weighted by atomic mass is 16.4. The molecule has 2 nitrogen and oxygen atoms in total. The van der Waals surface area contributed by atoms with Crippen LogP contribution in [0.1, 0.15) is 80.2 Å². The molecule has 2 rings (SSSR count). The van der Waals surface area contributed by atoms with Gasteiger partial charge in [-0.25, -0.2) is 0 Å². The molecule has 146 valence electrons. The number of hydrogen-bond donors (Lipinski definition) is 1. The predicted octanol–water partition coefficient (Wildman–Crippen LogP) is 6.37. The van der Waals surface area contributed by atoms with Crippen LogP contribution in [0.3, 0.4) is 0 Å². The lowest BCUT2D eigenvalue weighted by Gasteiger charge is -2.17. The summed E-state index contributed by atoms with van der Waals surface area (Å²) in [6.07, 6.45) is 10.2. The lowest BCUT2D eigenvalue weighted by Crippen LogP contribution is -2.09. The molecule has 0 unspecified atom stereocenters. The normalized spacial score (nSPS) is 10.9. The lowest BCUT2D eigenvalue weighted by molar-refractivity contribution is -0.136. The van der Waals surface area contributed by atoms with Gasteiger partial charge in [0.2, 0.25) is 0 Å². The fraction of sp³-hybridized carbons (Fsp3) is 0.480. The fourth-order valence-electron chi connectivity index (χ4n) is 3.73. The summed E-state index contributed by atoms with van der Waals surface area (Å²) >= 11 is 0. The molecule has 0 aliphatic heterocycles. The summed E-state index contributed by atoms with van der Waals surface area (Å²) in [6, 6.07) is 14.9.